The summed E-state index contributed by atoms with van der Waals surface area (Å²) in [5.41, 5.74) is 6.71. The number of carbonyl (C=O) groups excluding carboxylic acids is 1. The highest BCUT2D eigenvalue weighted by atomic mass is 32.2. The number of hydrogen-bond acceptors (Lipinski definition) is 8. The zero-order valence-corrected chi connectivity index (χ0v) is 27.9. The van der Waals surface area contributed by atoms with Crippen molar-refractivity contribution in [3.05, 3.63) is 137 Å². The van der Waals surface area contributed by atoms with Crippen LogP contribution in [0.5, 0.6) is 0 Å². The van der Waals surface area contributed by atoms with Gasteiger partial charge < -0.3 is 28.8 Å². The molecule has 0 radical (unpaired) electrons. The Morgan fingerprint density at radius 1 is 0.787 bits per heavy atom. The second-order valence-electron chi connectivity index (χ2n) is 11.4. The summed E-state index contributed by atoms with van der Waals surface area (Å²) in [4.78, 5) is 13.1. The monoisotopic (exact) mass is 656 g/mol. The number of thioether (sulfide) groups is 1. The van der Waals surface area contributed by atoms with Gasteiger partial charge in [0.05, 0.1) is 33.0 Å². The van der Waals surface area contributed by atoms with Gasteiger partial charge in [0.15, 0.2) is 0 Å². The van der Waals surface area contributed by atoms with Gasteiger partial charge >= 0.3 is 6.16 Å². The van der Waals surface area contributed by atoms with Crippen LogP contribution in [0, 0.1) is 0 Å². The summed E-state index contributed by atoms with van der Waals surface area (Å²) in [6.07, 6.45) is -1.79. The van der Waals surface area contributed by atoms with Gasteiger partial charge in [-0.2, -0.15) is 0 Å². The van der Waals surface area contributed by atoms with Gasteiger partial charge in [0.1, 0.15) is 24.9 Å². The SMILES string of the molecule is CCOC(=O)OCCOC(c1ccc2c(c1)C(c1ccc(CC)cc1)CS2)C(OCc1ccccc1)C(CO)OCc1ccccc1. The van der Waals surface area contributed by atoms with Crippen molar-refractivity contribution in [1.82, 2.24) is 0 Å². The molecule has 5 rings (SSSR count). The van der Waals surface area contributed by atoms with E-state index in [0.717, 1.165) is 28.9 Å². The molecule has 4 atom stereocenters. The fourth-order valence-corrected chi connectivity index (χ4v) is 6.95. The molecular weight excluding hydrogens is 612 g/mol. The number of aryl methyl sites for hydroxylation is 1. The lowest BCUT2D eigenvalue weighted by Gasteiger charge is -2.33. The van der Waals surface area contributed by atoms with Gasteiger partial charge in [0.25, 0.3) is 0 Å². The largest absolute Gasteiger partial charge is 0.508 e. The average Bonchev–Trinajstić information content (AvgIpc) is 3.54. The van der Waals surface area contributed by atoms with E-state index in [1.807, 2.05) is 72.4 Å². The highest BCUT2D eigenvalue weighted by molar-refractivity contribution is 7.99. The van der Waals surface area contributed by atoms with E-state index in [-0.39, 0.29) is 32.3 Å². The van der Waals surface area contributed by atoms with Crippen molar-refractivity contribution < 1.29 is 33.6 Å². The Morgan fingerprint density at radius 3 is 2.11 bits per heavy atom. The quantitative estimate of drug-likeness (QED) is 0.0908. The van der Waals surface area contributed by atoms with Crippen LogP contribution >= 0.6 is 11.8 Å². The minimum Gasteiger partial charge on any atom is -0.435 e. The summed E-state index contributed by atoms with van der Waals surface area (Å²) >= 11 is 1.85. The third kappa shape index (κ3) is 9.69. The number of hydrogen-bond donors (Lipinski definition) is 1. The molecule has 4 aromatic rings. The molecule has 248 valence electrons. The molecule has 0 aliphatic carbocycles. The fourth-order valence-electron chi connectivity index (χ4n) is 5.70. The smallest absolute Gasteiger partial charge is 0.435 e. The molecule has 1 N–H and O–H groups in total. The maximum atomic E-state index is 11.9. The van der Waals surface area contributed by atoms with Gasteiger partial charge in [-0.25, -0.2) is 4.79 Å². The van der Waals surface area contributed by atoms with Gasteiger partial charge in [-0.15, -0.1) is 11.8 Å². The third-order valence-electron chi connectivity index (χ3n) is 8.23. The summed E-state index contributed by atoms with van der Waals surface area (Å²) in [6.45, 7) is 4.53. The second kappa shape index (κ2) is 18.0. The number of benzene rings is 4. The molecule has 0 fully saturated rings. The van der Waals surface area contributed by atoms with Gasteiger partial charge in [-0.05, 0) is 52.8 Å². The van der Waals surface area contributed by atoms with Crippen LogP contribution < -0.4 is 0 Å². The van der Waals surface area contributed by atoms with Gasteiger partial charge in [-0.3, -0.25) is 0 Å². The van der Waals surface area contributed by atoms with Crippen LogP contribution in [0.25, 0.3) is 0 Å². The van der Waals surface area contributed by atoms with E-state index >= 15 is 0 Å². The Morgan fingerprint density at radius 2 is 1.47 bits per heavy atom. The Bertz CT molecular complexity index is 1510. The van der Waals surface area contributed by atoms with E-state index in [2.05, 4.69) is 49.4 Å². The molecular formula is C39H44O7S. The van der Waals surface area contributed by atoms with Crippen molar-refractivity contribution in [2.24, 2.45) is 0 Å². The number of fused-ring (bicyclic) bond motifs is 1. The minimum absolute atomic E-state index is 0.00258. The third-order valence-corrected chi connectivity index (χ3v) is 9.42. The normalized spacial score (nSPS) is 15.9. The Kier molecular flexibility index (Phi) is 13.3. The molecule has 0 aromatic heterocycles. The van der Waals surface area contributed by atoms with E-state index < -0.39 is 24.5 Å². The maximum absolute atomic E-state index is 11.9. The average molecular weight is 657 g/mol. The summed E-state index contributed by atoms with van der Waals surface area (Å²) < 4.78 is 29.6. The molecule has 1 heterocycles. The topological polar surface area (TPSA) is 83.5 Å². The van der Waals surface area contributed by atoms with Crippen molar-refractivity contribution in [3.8, 4) is 0 Å². The number of carbonyl (C=O) groups is 1. The molecule has 47 heavy (non-hydrogen) atoms. The lowest BCUT2D eigenvalue weighted by Crippen LogP contribution is -2.40. The number of rotatable bonds is 17. The number of aliphatic hydroxyl groups excluding tert-OH is 1. The fraction of sp³-hybridized carbons (Fsp3) is 0.359. The lowest BCUT2D eigenvalue weighted by atomic mass is 9.89. The number of ether oxygens (including phenoxy) is 5. The Labute approximate surface area is 282 Å². The van der Waals surface area contributed by atoms with E-state index in [9.17, 15) is 9.90 Å². The van der Waals surface area contributed by atoms with Crippen molar-refractivity contribution >= 4 is 17.9 Å². The molecule has 0 bridgehead atoms. The van der Waals surface area contributed by atoms with Crippen LogP contribution in [-0.2, 0) is 43.3 Å². The summed E-state index contributed by atoms with van der Waals surface area (Å²) in [5.74, 6) is 1.19. The summed E-state index contributed by atoms with van der Waals surface area (Å²) in [5, 5.41) is 10.7. The lowest BCUT2D eigenvalue weighted by molar-refractivity contribution is -0.163. The first-order chi connectivity index (χ1) is 23.1. The van der Waals surface area contributed by atoms with Crippen LogP contribution in [-0.4, -0.2) is 55.7 Å². The molecule has 4 unspecified atom stereocenters. The standard InChI is InChI=1S/C39H44O7S/c1-3-28-15-17-31(18-16-28)34-27-47-36-20-19-32(23-33(34)36)37(43-21-22-44-39(41)42-4-2)38(46-26-30-13-9-6-10-14-30)35(24-40)45-25-29-11-7-5-8-12-29/h5-20,23,34-35,37-38,40H,3-4,21-22,24-27H2,1-2H3. The van der Waals surface area contributed by atoms with Crippen LogP contribution in [0.15, 0.2) is 108 Å². The van der Waals surface area contributed by atoms with Crippen molar-refractivity contribution in [3.63, 3.8) is 0 Å². The molecule has 1 aliphatic rings. The molecule has 0 saturated heterocycles. The van der Waals surface area contributed by atoms with Gasteiger partial charge in [-0.1, -0.05) is 104 Å². The van der Waals surface area contributed by atoms with E-state index in [4.69, 9.17) is 23.7 Å². The predicted molar refractivity (Wildman–Crippen MR) is 184 cm³/mol. The predicted octanol–water partition coefficient (Wildman–Crippen LogP) is 7.88. The van der Waals surface area contributed by atoms with Crippen LogP contribution in [0.2, 0.25) is 0 Å². The molecule has 1 aliphatic heterocycles. The molecule has 0 saturated carbocycles. The Balaban J connectivity index is 1.46. The summed E-state index contributed by atoms with van der Waals surface area (Å²) in [7, 11) is 0. The molecule has 8 heteroatoms. The minimum atomic E-state index is -0.740. The van der Waals surface area contributed by atoms with Crippen LogP contribution in [0.4, 0.5) is 4.79 Å². The Hall–Kier alpha value is -3.66. The first-order valence-corrected chi connectivity index (χ1v) is 17.3. The number of aliphatic hydroxyl groups is 1. The molecule has 7 nitrogen and oxygen atoms in total. The van der Waals surface area contributed by atoms with Crippen molar-refractivity contribution in [1.29, 1.82) is 0 Å². The van der Waals surface area contributed by atoms with Crippen LogP contribution in [0.3, 0.4) is 0 Å². The van der Waals surface area contributed by atoms with Gasteiger partial charge in [0.2, 0.25) is 0 Å². The molecule has 4 aromatic carbocycles. The van der Waals surface area contributed by atoms with E-state index in [1.165, 1.54) is 21.6 Å². The first kappa shape index (κ1) is 34.7. The maximum Gasteiger partial charge on any atom is 0.508 e. The van der Waals surface area contributed by atoms with E-state index in [1.54, 1.807) is 6.92 Å². The zero-order chi connectivity index (χ0) is 32.8. The zero-order valence-electron chi connectivity index (χ0n) is 27.1. The van der Waals surface area contributed by atoms with Crippen molar-refractivity contribution in [2.45, 2.75) is 62.6 Å². The van der Waals surface area contributed by atoms with E-state index in [0.29, 0.717) is 13.2 Å². The first-order valence-electron chi connectivity index (χ1n) is 16.3. The second-order valence-corrected chi connectivity index (χ2v) is 12.4. The summed E-state index contributed by atoms with van der Waals surface area (Å²) in [6, 6.07) is 35.0. The molecule has 0 amide bonds. The van der Waals surface area contributed by atoms with Crippen molar-refractivity contribution in [2.75, 3.05) is 32.2 Å². The van der Waals surface area contributed by atoms with Crippen LogP contribution in [0.1, 0.15) is 59.3 Å². The van der Waals surface area contributed by atoms with Gasteiger partial charge in [0, 0.05) is 16.6 Å². The highest BCUT2D eigenvalue weighted by Gasteiger charge is 2.35. The highest BCUT2D eigenvalue weighted by Crippen LogP contribution is 2.45. The molecule has 0 spiro atoms.